The molecule has 2 aromatic heterocycles. The van der Waals surface area contributed by atoms with Crippen molar-refractivity contribution in [3.05, 3.63) is 53.2 Å². The molecule has 4 rings (SSSR count). The Balaban J connectivity index is 1.51. The summed E-state index contributed by atoms with van der Waals surface area (Å²) in [7, 11) is 0. The molecule has 0 aliphatic carbocycles. The van der Waals surface area contributed by atoms with Crippen molar-refractivity contribution < 1.29 is 4.79 Å². The van der Waals surface area contributed by atoms with E-state index in [1.54, 1.807) is 6.07 Å². The van der Waals surface area contributed by atoms with Crippen LogP contribution in [0.15, 0.2) is 36.5 Å². The Morgan fingerprint density at radius 1 is 1.44 bits per heavy atom. The highest BCUT2D eigenvalue weighted by atomic mass is 32.1. The molecular weight excluding hydrogens is 358 g/mol. The van der Waals surface area contributed by atoms with Crippen LogP contribution in [0, 0.1) is 18.3 Å². The predicted molar refractivity (Wildman–Crippen MR) is 106 cm³/mol. The summed E-state index contributed by atoms with van der Waals surface area (Å²) >= 11 is 1.48. The van der Waals surface area contributed by atoms with Crippen molar-refractivity contribution >= 4 is 32.7 Å². The van der Waals surface area contributed by atoms with Gasteiger partial charge in [-0.1, -0.05) is 35.6 Å². The number of thiazole rings is 1. The molecule has 1 aliphatic heterocycles. The fourth-order valence-corrected chi connectivity index (χ4v) is 4.41. The molecule has 1 amide bonds. The molecule has 1 aromatic carbocycles. The number of hydrogen-bond donors (Lipinski definition) is 1. The first-order chi connectivity index (χ1) is 13.2. The summed E-state index contributed by atoms with van der Waals surface area (Å²) in [6.45, 7) is 3.38. The van der Waals surface area contributed by atoms with Gasteiger partial charge in [0.1, 0.15) is 12.1 Å². The Kier molecular flexibility index (Phi) is 4.73. The van der Waals surface area contributed by atoms with Gasteiger partial charge in [0.25, 0.3) is 0 Å². The SMILES string of the molecule is Cc1ccccc1CNC(=O)[C@H]1CCCN1c1nc2ncc(C#N)cc2s1. The number of carbonyl (C=O) groups is 1. The van der Waals surface area contributed by atoms with Crippen LogP contribution in [-0.2, 0) is 11.3 Å². The fraction of sp³-hybridized carbons (Fsp3) is 0.300. The van der Waals surface area contributed by atoms with Crippen molar-refractivity contribution in [3.63, 3.8) is 0 Å². The number of nitrogens with one attached hydrogen (secondary N) is 1. The first kappa shape index (κ1) is 17.4. The number of aromatic nitrogens is 2. The van der Waals surface area contributed by atoms with E-state index in [0.717, 1.165) is 34.8 Å². The third kappa shape index (κ3) is 3.49. The van der Waals surface area contributed by atoms with Gasteiger partial charge in [0.15, 0.2) is 10.8 Å². The van der Waals surface area contributed by atoms with Crippen molar-refractivity contribution in [1.82, 2.24) is 15.3 Å². The fourth-order valence-electron chi connectivity index (χ4n) is 3.37. The van der Waals surface area contributed by atoms with Crippen LogP contribution >= 0.6 is 11.3 Å². The van der Waals surface area contributed by atoms with E-state index >= 15 is 0 Å². The molecule has 0 radical (unpaired) electrons. The zero-order valence-corrected chi connectivity index (χ0v) is 15.8. The van der Waals surface area contributed by atoms with E-state index < -0.39 is 0 Å². The number of anilines is 1. The van der Waals surface area contributed by atoms with Gasteiger partial charge >= 0.3 is 0 Å². The van der Waals surface area contributed by atoms with Crippen molar-refractivity contribution in [2.24, 2.45) is 0 Å². The third-order valence-electron chi connectivity index (χ3n) is 4.88. The third-order valence-corrected chi connectivity index (χ3v) is 5.91. The van der Waals surface area contributed by atoms with E-state index in [-0.39, 0.29) is 11.9 Å². The number of nitriles is 1. The van der Waals surface area contributed by atoms with E-state index in [2.05, 4.69) is 26.3 Å². The van der Waals surface area contributed by atoms with Gasteiger partial charge < -0.3 is 10.2 Å². The normalized spacial score (nSPS) is 16.4. The highest BCUT2D eigenvalue weighted by Crippen LogP contribution is 2.33. The minimum absolute atomic E-state index is 0.0284. The first-order valence-electron chi connectivity index (χ1n) is 8.91. The molecule has 1 aliphatic rings. The highest BCUT2D eigenvalue weighted by molar-refractivity contribution is 7.22. The molecule has 1 N–H and O–H groups in total. The number of fused-ring (bicyclic) bond motifs is 1. The Bertz CT molecular complexity index is 1040. The lowest BCUT2D eigenvalue weighted by atomic mass is 10.1. The Labute approximate surface area is 161 Å². The molecule has 3 heterocycles. The van der Waals surface area contributed by atoms with Crippen LogP contribution < -0.4 is 10.2 Å². The Morgan fingerprint density at radius 3 is 3.11 bits per heavy atom. The molecule has 0 unspecified atom stereocenters. The lowest BCUT2D eigenvalue weighted by molar-refractivity contribution is -0.122. The van der Waals surface area contributed by atoms with Gasteiger partial charge in [0.05, 0.1) is 10.3 Å². The number of carbonyl (C=O) groups excluding carboxylic acids is 1. The smallest absolute Gasteiger partial charge is 0.243 e. The van der Waals surface area contributed by atoms with Gasteiger partial charge in [-0.2, -0.15) is 10.2 Å². The zero-order chi connectivity index (χ0) is 18.8. The van der Waals surface area contributed by atoms with Gasteiger partial charge in [-0.25, -0.2) is 4.98 Å². The molecule has 1 atom stereocenters. The average Bonchev–Trinajstić information content (AvgIpc) is 3.33. The van der Waals surface area contributed by atoms with Crippen molar-refractivity contribution in [2.75, 3.05) is 11.4 Å². The van der Waals surface area contributed by atoms with E-state index in [0.29, 0.717) is 17.8 Å². The molecule has 7 heteroatoms. The van der Waals surface area contributed by atoms with E-state index in [4.69, 9.17) is 5.26 Å². The van der Waals surface area contributed by atoms with Crippen LogP contribution in [0.1, 0.15) is 29.5 Å². The van der Waals surface area contributed by atoms with Gasteiger partial charge in [0, 0.05) is 19.3 Å². The number of aryl methyl sites for hydroxylation is 1. The Hall–Kier alpha value is -2.98. The molecule has 0 saturated carbocycles. The van der Waals surface area contributed by atoms with Crippen molar-refractivity contribution in [1.29, 1.82) is 5.26 Å². The standard InChI is InChI=1S/C20H19N5OS/c1-13-5-2-3-6-15(13)12-23-19(26)16-7-4-8-25(16)20-24-18-17(27-20)9-14(10-21)11-22-18/h2-3,5-6,9,11,16H,4,7-8,12H2,1H3,(H,23,26)/t16-/m1/s1. The van der Waals surface area contributed by atoms with Crippen molar-refractivity contribution in [2.45, 2.75) is 32.4 Å². The molecule has 136 valence electrons. The maximum Gasteiger partial charge on any atom is 0.243 e. The van der Waals surface area contributed by atoms with Gasteiger partial charge in [-0.3, -0.25) is 4.79 Å². The quantitative estimate of drug-likeness (QED) is 0.755. The lowest BCUT2D eigenvalue weighted by Crippen LogP contribution is -2.43. The molecule has 1 fully saturated rings. The van der Waals surface area contributed by atoms with Crippen LogP contribution in [0.5, 0.6) is 0 Å². The maximum absolute atomic E-state index is 12.8. The summed E-state index contributed by atoms with van der Waals surface area (Å²) in [5, 5.41) is 12.9. The average molecular weight is 377 g/mol. The summed E-state index contributed by atoms with van der Waals surface area (Å²) in [6, 6.07) is 11.7. The summed E-state index contributed by atoms with van der Waals surface area (Å²) in [5.41, 5.74) is 3.45. The number of amides is 1. The topological polar surface area (TPSA) is 81.9 Å². The Morgan fingerprint density at radius 2 is 2.30 bits per heavy atom. The number of nitrogens with zero attached hydrogens (tertiary/aromatic N) is 4. The molecule has 27 heavy (non-hydrogen) atoms. The minimum atomic E-state index is -0.218. The summed E-state index contributed by atoms with van der Waals surface area (Å²) in [4.78, 5) is 23.7. The summed E-state index contributed by atoms with van der Waals surface area (Å²) in [6.07, 6.45) is 3.30. The van der Waals surface area contributed by atoms with E-state index in [9.17, 15) is 4.79 Å². The number of benzene rings is 1. The van der Waals surface area contributed by atoms with E-state index in [1.807, 2.05) is 31.2 Å². The zero-order valence-electron chi connectivity index (χ0n) is 15.0. The molecule has 0 spiro atoms. The first-order valence-corrected chi connectivity index (χ1v) is 9.73. The number of rotatable bonds is 4. The lowest BCUT2D eigenvalue weighted by Gasteiger charge is -2.23. The monoisotopic (exact) mass is 377 g/mol. The minimum Gasteiger partial charge on any atom is -0.350 e. The number of pyridine rings is 1. The summed E-state index contributed by atoms with van der Waals surface area (Å²) in [5.74, 6) is 0.0284. The molecule has 3 aromatic rings. The molecule has 1 saturated heterocycles. The van der Waals surface area contributed by atoms with Gasteiger partial charge in [0.2, 0.25) is 5.91 Å². The second-order valence-electron chi connectivity index (χ2n) is 6.65. The molecular formula is C20H19N5OS. The molecule has 0 bridgehead atoms. The van der Waals surface area contributed by atoms with Crippen LogP contribution in [0.25, 0.3) is 10.3 Å². The largest absolute Gasteiger partial charge is 0.350 e. The van der Waals surface area contributed by atoms with E-state index in [1.165, 1.54) is 23.1 Å². The highest BCUT2D eigenvalue weighted by Gasteiger charge is 2.32. The summed E-state index contributed by atoms with van der Waals surface area (Å²) < 4.78 is 0.870. The predicted octanol–water partition coefficient (Wildman–Crippen LogP) is 3.16. The van der Waals surface area contributed by atoms with Gasteiger partial charge in [-0.15, -0.1) is 0 Å². The van der Waals surface area contributed by atoms with Crippen LogP contribution in [-0.4, -0.2) is 28.5 Å². The van der Waals surface area contributed by atoms with Gasteiger partial charge in [-0.05, 0) is 37.0 Å². The molecule has 6 nitrogen and oxygen atoms in total. The van der Waals surface area contributed by atoms with Crippen LogP contribution in [0.2, 0.25) is 0 Å². The second kappa shape index (κ2) is 7.33. The second-order valence-corrected chi connectivity index (χ2v) is 7.66. The van der Waals surface area contributed by atoms with Crippen molar-refractivity contribution in [3.8, 4) is 6.07 Å². The number of hydrogen-bond acceptors (Lipinski definition) is 6. The van der Waals surface area contributed by atoms with Crippen LogP contribution in [0.4, 0.5) is 5.13 Å². The van der Waals surface area contributed by atoms with Crippen LogP contribution in [0.3, 0.4) is 0 Å². The maximum atomic E-state index is 12.8.